The molecule has 1 amide bonds. The number of aromatic nitrogens is 4. The third kappa shape index (κ3) is 5.51. The van der Waals surface area contributed by atoms with Crippen LogP contribution >= 0.6 is 0 Å². The fourth-order valence-corrected chi connectivity index (χ4v) is 7.52. The summed E-state index contributed by atoms with van der Waals surface area (Å²) in [6.45, 7) is 4.70. The molecule has 0 unspecified atom stereocenters. The van der Waals surface area contributed by atoms with E-state index in [0.717, 1.165) is 16.6 Å². The molecular weight excluding hydrogens is 638 g/mol. The number of piperidine rings is 1. The van der Waals surface area contributed by atoms with Crippen LogP contribution in [0.15, 0.2) is 46.9 Å². The molecule has 256 valence electrons. The van der Waals surface area contributed by atoms with E-state index in [1.165, 1.54) is 4.90 Å². The maximum atomic E-state index is 15.9. The minimum Gasteiger partial charge on any atom is -0.480 e. The van der Waals surface area contributed by atoms with Gasteiger partial charge in [-0.1, -0.05) is 25.1 Å². The first-order chi connectivity index (χ1) is 23.6. The number of anilines is 1. The lowest BCUT2D eigenvalue weighted by molar-refractivity contribution is -0.139. The molecule has 3 aromatic heterocycles. The second-order valence-corrected chi connectivity index (χ2v) is 13.4. The average Bonchev–Trinajstić information content (AvgIpc) is 3.76. The number of alkyl halides is 2. The molecule has 2 saturated heterocycles. The largest absolute Gasteiger partial charge is 0.480 e. The highest BCUT2D eigenvalue weighted by atomic mass is 19.3. The van der Waals surface area contributed by atoms with E-state index in [0.29, 0.717) is 36.5 Å². The van der Waals surface area contributed by atoms with E-state index in [4.69, 9.17) is 18.9 Å². The standard InChI is InChI=1S/C35H36F2N6O6/c1-19-8-9-22-27(14-19)49-30-29(22)39-33-35(36,37)11-5-13-47-18-28(44)41-12-10-24(20(2)16-41)43-25-7-4-3-6-23(25)38-34(43)48-21-15-26(32(45)46)42(17-21)31(30)40-33/h3-4,6-9,14,20-21,24,26H,5,10-13,15-18H2,1-2H3,(H,45,46)/t20-,21-,24-,26-/m0/s1. The summed E-state index contributed by atoms with van der Waals surface area (Å²) >= 11 is 0. The molecule has 0 spiro atoms. The summed E-state index contributed by atoms with van der Waals surface area (Å²) in [4.78, 5) is 42.5. The number of benzene rings is 2. The van der Waals surface area contributed by atoms with E-state index < -0.39 is 36.3 Å². The summed E-state index contributed by atoms with van der Waals surface area (Å²) in [5.41, 5.74) is 3.22. The Balaban J connectivity index is 1.26. The van der Waals surface area contributed by atoms with Crippen LogP contribution in [0.5, 0.6) is 6.01 Å². The van der Waals surface area contributed by atoms with Crippen molar-refractivity contribution in [2.75, 3.05) is 37.7 Å². The van der Waals surface area contributed by atoms with Crippen LogP contribution in [0, 0.1) is 12.8 Å². The molecule has 4 aliphatic rings. The van der Waals surface area contributed by atoms with Crippen molar-refractivity contribution in [3.8, 4) is 6.01 Å². The van der Waals surface area contributed by atoms with Crippen molar-refractivity contribution in [2.45, 2.75) is 63.6 Å². The molecule has 4 aliphatic heterocycles. The Labute approximate surface area is 279 Å². The van der Waals surface area contributed by atoms with Crippen molar-refractivity contribution >= 4 is 50.8 Å². The number of nitrogens with zero attached hydrogens (tertiary/aromatic N) is 6. The van der Waals surface area contributed by atoms with Crippen LogP contribution in [0.1, 0.15) is 50.0 Å². The molecule has 5 aromatic rings. The smallest absolute Gasteiger partial charge is 0.326 e. The van der Waals surface area contributed by atoms with Crippen molar-refractivity contribution < 1.29 is 37.4 Å². The Hall–Kier alpha value is -4.85. The lowest BCUT2D eigenvalue weighted by Gasteiger charge is -2.38. The van der Waals surface area contributed by atoms with Gasteiger partial charge in [0.25, 0.3) is 6.01 Å². The van der Waals surface area contributed by atoms with Crippen LogP contribution in [-0.2, 0) is 20.2 Å². The molecule has 2 fully saturated rings. The maximum absolute atomic E-state index is 15.9. The molecule has 0 saturated carbocycles. The van der Waals surface area contributed by atoms with Crippen LogP contribution in [-0.4, -0.2) is 86.4 Å². The summed E-state index contributed by atoms with van der Waals surface area (Å²) < 4.78 is 52.2. The van der Waals surface area contributed by atoms with Crippen molar-refractivity contribution in [3.05, 3.63) is 53.9 Å². The highest BCUT2D eigenvalue weighted by Gasteiger charge is 2.44. The highest BCUT2D eigenvalue weighted by Crippen LogP contribution is 2.41. The third-order valence-electron chi connectivity index (χ3n) is 9.98. The molecule has 14 heteroatoms. The molecule has 49 heavy (non-hydrogen) atoms. The lowest BCUT2D eigenvalue weighted by Crippen LogP contribution is -2.45. The van der Waals surface area contributed by atoms with E-state index in [9.17, 15) is 14.7 Å². The second-order valence-electron chi connectivity index (χ2n) is 13.4. The monoisotopic (exact) mass is 674 g/mol. The number of ether oxygens (including phenoxy) is 2. The van der Waals surface area contributed by atoms with Gasteiger partial charge in [0.05, 0.1) is 17.6 Å². The number of imidazole rings is 1. The Morgan fingerprint density at radius 2 is 1.94 bits per heavy atom. The van der Waals surface area contributed by atoms with Gasteiger partial charge in [0.1, 0.15) is 29.9 Å². The number of carbonyl (C=O) groups excluding carboxylic acids is 1. The predicted octanol–water partition coefficient (Wildman–Crippen LogP) is 5.46. The summed E-state index contributed by atoms with van der Waals surface area (Å²) in [5, 5.41) is 10.9. The van der Waals surface area contributed by atoms with E-state index in [1.807, 2.05) is 37.3 Å². The SMILES string of the molecule is Cc1ccc2c(c1)oc1c3nc(nc12)C(F)(F)CCCOCC(=O)N1CC[C@@H]([C@@H](C)C1)n1c(nc2ccccc21)O[C@H]1C[C@@H](C(=O)O)N3C1. The average molecular weight is 675 g/mol. The fraction of sp³-hybridized carbons (Fsp3) is 0.457. The van der Waals surface area contributed by atoms with Crippen LogP contribution < -0.4 is 9.64 Å². The number of hydrogen-bond donors (Lipinski definition) is 1. The number of aryl methyl sites for hydroxylation is 1. The number of para-hydroxylation sites is 2. The molecule has 2 aromatic carbocycles. The molecule has 6 bridgehead atoms. The number of carbonyl (C=O) groups is 2. The van der Waals surface area contributed by atoms with Crippen molar-refractivity contribution in [1.29, 1.82) is 0 Å². The van der Waals surface area contributed by atoms with Gasteiger partial charge in [-0.05, 0) is 55.5 Å². The molecule has 4 atom stereocenters. The first-order valence-corrected chi connectivity index (χ1v) is 16.6. The number of furan rings is 1. The molecule has 7 heterocycles. The number of aliphatic carboxylic acids is 1. The third-order valence-corrected chi connectivity index (χ3v) is 9.98. The number of halogens is 2. The number of hydrogen-bond acceptors (Lipinski definition) is 9. The van der Waals surface area contributed by atoms with E-state index >= 15 is 8.78 Å². The molecular formula is C35H36F2N6O6. The minimum absolute atomic E-state index is 0.0261. The van der Waals surface area contributed by atoms with Crippen molar-refractivity contribution in [1.82, 2.24) is 24.4 Å². The second kappa shape index (κ2) is 11.9. The van der Waals surface area contributed by atoms with Crippen molar-refractivity contribution in [3.63, 3.8) is 0 Å². The summed E-state index contributed by atoms with van der Waals surface area (Å²) in [6, 6.07) is 12.2. The molecule has 1 N–H and O–H groups in total. The van der Waals surface area contributed by atoms with E-state index in [2.05, 4.69) is 21.5 Å². The molecule has 0 radical (unpaired) electrons. The molecule has 9 rings (SSSR count). The van der Waals surface area contributed by atoms with E-state index in [1.54, 1.807) is 17.0 Å². The van der Waals surface area contributed by atoms with Gasteiger partial charge >= 0.3 is 11.9 Å². The van der Waals surface area contributed by atoms with Gasteiger partial charge in [-0.25, -0.2) is 14.8 Å². The normalized spacial score (nSPS) is 24.8. The number of fused-ring (bicyclic) bond motifs is 12. The molecule has 0 aliphatic carbocycles. The Bertz CT molecular complexity index is 2100. The summed E-state index contributed by atoms with van der Waals surface area (Å²) in [5.74, 6) is -5.56. The van der Waals surface area contributed by atoms with Gasteiger partial charge in [-0.2, -0.15) is 13.8 Å². The summed E-state index contributed by atoms with van der Waals surface area (Å²) in [6.07, 6.45) is -0.661. The fourth-order valence-electron chi connectivity index (χ4n) is 7.52. The zero-order valence-electron chi connectivity index (χ0n) is 27.1. The predicted molar refractivity (Wildman–Crippen MR) is 175 cm³/mol. The Kier molecular flexibility index (Phi) is 7.65. The quantitative estimate of drug-likeness (QED) is 0.244. The first kappa shape index (κ1) is 31.4. The zero-order chi connectivity index (χ0) is 34.0. The first-order valence-electron chi connectivity index (χ1n) is 16.6. The van der Waals surface area contributed by atoms with Gasteiger partial charge in [0, 0.05) is 44.0 Å². The number of amides is 1. The van der Waals surface area contributed by atoms with Gasteiger partial charge < -0.3 is 28.8 Å². The van der Waals surface area contributed by atoms with Crippen LogP contribution in [0.3, 0.4) is 0 Å². The number of carboxylic acid groups (broad SMARTS) is 1. The van der Waals surface area contributed by atoms with E-state index in [-0.39, 0.29) is 67.4 Å². The topological polar surface area (TPSA) is 136 Å². The van der Waals surface area contributed by atoms with Gasteiger partial charge in [0.15, 0.2) is 11.4 Å². The highest BCUT2D eigenvalue weighted by molar-refractivity contribution is 6.06. The summed E-state index contributed by atoms with van der Waals surface area (Å²) in [7, 11) is 0. The van der Waals surface area contributed by atoms with Gasteiger partial charge in [-0.15, -0.1) is 0 Å². The molecule has 12 nitrogen and oxygen atoms in total. The maximum Gasteiger partial charge on any atom is 0.326 e. The minimum atomic E-state index is -3.48. The van der Waals surface area contributed by atoms with Crippen molar-refractivity contribution in [2.24, 2.45) is 5.92 Å². The van der Waals surface area contributed by atoms with Crippen LogP contribution in [0.4, 0.5) is 14.6 Å². The van der Waals surface area contributed by atoms with Crippen LogP contribution in [0.25, 0.3) is 33.1 Å². The van der Waals surface area contributed by atoms with Crippen LogP contribution in [0.2, 0.25) is 0 Å². The zero-order valence-corrected chi connectivity index (χ0v) is 27.1. The number of rotatable bonds is 1. The lowest BCUT2D eigenvalue weighted by atomic mass is 9.93. The van der Waals surface area contributed by atoms with Gasteiger partial charge in [-0.3, -0.25) is 9.36 Å². The Morgan fingerprint density at radius 1 is 1.10 bits per heavy atom. The Morgan fingerprint density at radius 3 is 2.76 bits per heavy atom. The van der Waals surface area contributed by atoms with Gasteiger partial charge in [0.2, 0.25) is 11.7 Å². The number of carboxylic acids is 1.